The van der Waals surface area contributed by atoms with Gasteiger partial charge in [-0.05, 0) is 42.1 Å². The molecule has 0 saturated carbocycles. The topological polar surface area (TPSA) is 65.4 Å². The molecule has 8 heteroatoms. The van der Waals surface area contributed by atoms with Gasteiger partial charge in [0.05, 0.1) is 21.7 Å². The molecule has 0 bridgehead atoms. The molecule has 0 atom stereocenters. The standard InChI is InChI=1S/C19H13Cl2N3O2S/c1-24-18(25)16(23-19(24)27)8-11-6-14(20)17(15(21)7-11)26-10-13-5-3-2-4-12(13)9-22/h2-8H,10H2,1H3,(H,23,27)/b16-8-. The zero-order valence-corrected chi connectivity index (χ0v) is 16.5. The SMILES string of the molecule is CN1C(=O)/C(=C/c2cc(Cl)c(OCc3ccccc3C#N)c(Cl)c2)NC1=S. The van der Waals surface area contributed by atoms with Crippen LogP contribution in [0, 0.1) is 11.3 Å². The Kier molecular flexibility index (Phi) is 5.66. The number of carbonyl (C=O) groups excluding carboxylic acids is 1. The largest absolute Gasteiger partial charge is 0.486 e. The smallest absolute Gasteiger partial charge is 0.276 e. The Bertz CT molecular complexity index is 991. The van der Waals surface area contributed by atoms with Gasteiger partial charge in [0.25, 0.3) is 5.91 Å². The van der Waals surface area contributed by atoms with Crippen molar-refractivity contribution in [1.29, 1.82) is 5.26 Å². The van der Waals surface area contributed by atoms with Crippen molar-refractivity contribution in [3.8, 4) is 11.8 Å². The zero-order chi connectivity index (χ0) is 19.6. The van der Waals surface area contributed by atoms with E-state index in [1.54, 1.807) is 43.5 Å². The van der Waals surface area contributed by atoms with Gasteiger partial charge in [0.15, 0.2) is 10.9 Å². The maximum absolute atomic E-state index is 12.1. The molecule has 1 fully saturated rings. The molecule has 1 saturated heterocycles. The number of ether oxygens (including phenoxy) is 1. The van der Waals surface area contributed by atoms with Gasteiger partial charge in [0, 0.05) is 12.6 Å². The lowest BCUT2D eigenvalue weighted by molar-refractivity contribution is -0.121. The molecule has 1 heterocycles. The fourth-order valence-corrected chi connectivity index (χ4v) is 3.30. The predicted molar refractivity (Wildman–Crippen MR) is 108 cm³/mol. The molecule has 1 aliphatic rings. The number of likely N-dealkylation sites (N-methyl/N-ethyl adjacent to an activating group) is 1. The molecule has 0 radical (unpaired) electrons. The molecular weight excluding hydrogens is 405 g/mol. The summed E-state index contributed by atoms with van der Waals surface area (Å²) in [6.45, 7) is 0.155. The van der Waals surface area contributed by atoms with E-state index in [0.29, 0.717) is 37.7 Å². The van der Waals surface area contributed by atoms with Crippen LogP contribution in [-0.2, 0) is 11.4 Å². The normalized spacial score (nSPS) is 15.0. The molecule has 2 aromatic carbocycles. The third-order valence-electron chi connectivity index (χ3n) is 3.92. The van der Waals surface area contributed by atoms with E-state index in [0.717, 1.165) is 5.56 Å². The number of hydrogen-bond donors (Lipinski definition) is 1. The zero-order valence-electron chi connectivity index (χ0n) is 14.1. The van der Waals surface area contributed by atoms with Crippen LogP contribution in [0.3, 0.4) is 0 Å². The first-order valence-electron chi connectivity index (χ1n) is 7.81. The highest BCUT2D eigenvalue weighted by Gasteiger charge is 2.27. The Hall–Kier alpha value is -2.59. The van der Waals surface area contributed by atoms with Crippen molar-refractivity contribution < 1.29 is 9.53 Å². The molecule has 1 aliphatic heterocycles. The van der Waals surface area contributed by atoms with E-state index < -0.39 is 0 Å². The molecule has 1 N–H and O–H groups in total. The molecule has 0 unspecified atom stereocenters. The van der Waals surface area contributed by atoms with Gasteiger partial charge in [-0.1, -0.05) is 41.4 Å². The average molecular weight is 418 g/mol. The van der Waals surface area contributed by atoms with Gasteiger partial charge < -0.3 is 10.1 Å². The molecule has 27 heavy (non-hydrogen) atoms. The lowest BCUT2D eigenvalue weighted by Crippen LogP contribution is -2.25. The number of carbonyl (C=O) groups is 1. The average Bonchev–Trinajstić information content (AvgIpc) is 2.88. The van der Waals surface area contributed by atoms with Crippen LogP contribution in [0.1, 0.15) is 16.7 Å². The molecule has 3 rings (SSSR count). The fraction of sp³-hybridized carbons (Fsp3) is 0.105. The third-order valence-corrected chi connectivity index (χ3v) is 4.86. The second-order valence-electron chi connectivity index (χ2n) is 5.72. The summed E-state index contributed by atoms with van der Waals surface area (Å²) >= 11 is 17.7. The van der Waals surface area contributed by atoms with E-state index in [1.165, 1.54) is 4.90 Å². The quantitative estimate of drug-likeness (QED) is 0.598. The molecule has 5 nitrogen and oxygen atoms in total. The fourth-order valence-electron chi connectivity index (χ4n) is 2.50. The molecular formula is C19H13Cl2N3O2S. The van der Waals surface area contributed by atoms with Crippen molar-refractivity contribution in [1.82, 2.24) is 10.2 Å². The van der Waals surface area contributed by atoms with Crippen LogP contribution in [0.2, 0.25) is 10.0 Å². The van der Waals surface area contributed by atoms with Crippen molar-refractivity contribution in [2.24, 2.45) is 0 Å². The highest BCUT2D eigenvalue weighted by Crippen LogP contribution is 2.35. The van der Waals surface area contributed by atoms with Gasteiger partial charge in [-0.2, -0.15) is 5.26 Å². The summed E-state index contributed by atoms with van der Waals surface area (Å²) in [6.07, 6.45) is 1.62. The monoisotopic (exact) mass is 417 g/mol. The van der Waals surface area contributed by atoms with E-state index >= 15 is 0 Å². The Labute approximate surface area is 171 Å². The predicted octanol–water partition coefficient (Wildman–Crippen LogP) is 4.13. The van der Waals surface area contributed by atoms with Crippen LogP contribution in [0.15, 0.2) is 42.1 Å². The number of rotatable bonds is 4. The molecule has 0 aromatic heterocycles. The molecule has 2 aromatic rings. The van der Waals surface area contributed by atoms with Crippen LogP contribution in [0.25, 0.3) is 6.08 Å². The number of benzene rings is 2. The van der Waals surface area contributed by atoms with Gasteiger partial charge >= 0.3 is 0 Å². The second-order valence-corrected chi connectivity index (χ2v) is 6.92. The summed E-state index contributed by atoms with van der Waals surface area (Å²) in [6, 6.07) is 12.5. The third kappa shape index (κ3) is 4.06. The Morgan fingerprint density at radius 2 is 1.96 bits per heavy atom. The first-order valence-corrected chi connectivity index (χ1v) is 8.97. The van der Waals surface area contributed by atoms with Crippen LogP contribution < -0.4 is 10.1 Å². The highest BCUT2D eigenvalue weighted by molar-refractivity contribution is 7.80. The number of hydrogen-bond acceptors (Lipinski definition) is 4. The maximum atomic E-state index is 12.1. The van der Waals surface area contributed by atoms with Crippen LogP contribution >= 0.6 is 35.4 Å². The highest BCUT2D eigenvalue weighted by atomic mass is 35.5. The minimum absolute atomic E-state index is 0.155. The van der Waals surface area contributed by atoms with Crippen molar-refractivity contribution in [2.45, 2.75) is 6.61 Å². The minimum atomic E-state index is -0.235. The Morgan fingerprint density at radius 3 is 2.56 bits per heavy atom. The number of nitrogens with one attached hydrogen (secondary N) is 1. The molecule has 136 valence electrons. The van der Waals surface area contributed by atoms with Crippen molar-refractivity contribution in [3.05, 3.63) is 68.8 Å². The summed E-state index contributed by atoms with van der Waals surface area (Å²) < 4.78 is 5.73. The van der Waals surface area contributed by atoms with Crippen molar-refractivity contribution in [3.63, 3.8) is 0 Å². The minimum Gasteiger partial charge on any atom is -0.486 e. The molecule has 0 aliphatic carbocycles. The van der Waals surface area contributed by atoms with Gasteiger partial charge in [0.2, 0.25) is 0 Å². The summed E-state index contributed by atoms with van der Waals surface area (Å²) in [4.78, 5) is 13.4. The number of amides is 1. The van der Waals surface area contributed by atoms with Crippen LogP contribution in [0.5, 0.6) is 5.75 Å². The number of halogens is 2. The lowest BCUT2D eigenvalue weighted by atomic mass is 10.1. The second kappa shape index (κ2) is 7.97. The lowest BCUT2D eigenvalue weighted by Gasteiger charge is -2.12. The van der Waals surface area contributed by atoms with Crippen LogP contribution in [0.4, 0.5) is 0 Å². The van der Waals surface area contributed by atoms with Gasteiger partial charge in [-0.15, -0.1) is 0 Å². The molecule has 1 amide bonds. The van der Waals surface area contributed by atoms with Crippen LogP contribution in [-0.4, -0.2) is 23.0 Å². The van der Waals surface area contributed by atoms with Crippen molar-refractivity contribution in [2.75, 3.05) is 7.05 Å². The number of nitrogens with zero attached hydrogens (tertiary/aromatic N) is 2. The van der Waals surface area contributed by atoms with E-state index in [9.17, 15) is 4.79 Å². The van der Waals surface area contributed by atoms with E-state index in [2.05, 4.69) is 11.4 Å². The summed E-state index contributed by atoms with van der Waals surface area (Å²) in [5.41, 5.74) is 2.22. The number of nitriles is 1. The van der Waals surface area contributed by atoms with Gasteiger partial charge in [-0.25, -0.2) is 0 Å². The first kappa shape index (κ1) is 19.2. The maximum Gasteiger partial charge on any atom is 0.276 e. The van der Waals surface area contributed by atoms with E-state index in [4.69, 9.17) is 45.4 Å². The summed E-state index contributed by atoms with van der Waals surface area (Å²) in [5, 5.41) is 12.9. The summed E-state index contributed by atoms with van der Waals surface area (Å²) in [7, 11) is 1.59. The first-order chi connectivity index (χ1) is 12.9. The Balaban J connectivity index is 1.83. The van der Waals surface area contributed by atoms with Gasteiger partial charge in [-0.3, -0.25) is 9.69 Å². The van der Waals surface area contributed by atoms with Crippen molar-refractivity contribution >= 4 is 52.5 Å². The Morgan fingerprint density at radius 1 is 1.30 bits per heavy atom. The number of thiocarbonyl (C=S) groups is 1. The molecule has 0 spiro atoms. The van der Waals surface area contributed by atoms with E-state index in [1.807, 2.05) is 6.07 Å². The van der Waals surface area contributed by atoms with E-state index in [-0.39, 0.29) is 12.5 Å². The summed E-state index contributed by atoms with van der Waals surface area (Å²) in [5.74, 6) is 0.0762. The van der Waals surface area contributed by atoms with Gasteiger partial charge in [0.1, 0.15) is 12.3 Å².